The van der Waals surface area contributed by atoms with Crippen molar-refractivity contribution in [3.8, 4) is 0 Å². The van der Waals surface area contributed by atoms with Gasteiger partial charge in [0.1, 0.15) is 0 Å². The third-order valence-electron chi connectivity index (χ3n) is 4.36. The molecule has 1 amide bonds. The summed E-state index contributed by atoms with van der Waals surface area (Å²) < 4.78 is 0. The van der Waals surface area contributed by atoms with Gasteiger partial charge < -0.3 is 10.6 Å². The van der Waals surface area contributed by atoms with Crippen LogP contribution >= 0.6 is 0 Å². The van der Waals surface area contributed by atoms with Crippen molar-refractivity contribution in [2.75, 3.05) is 19.6 Å². The Morgan fingerprint density at radius 3 is 2.81 bits per heavy atom. The van der Waals surface area contributed by atoms with Gasteiger partial charge in [0.15, 0.2) is 0 Å². The van der Waals surface area contributed by atoms with Gasteiger partial charge in [-0.3, -0.25) is 14.9 Å². The van der Waals surface area contributed by atoms with Gasteiger partial charge in [-0.2, -0.15) is 0 Å². The van der Waals surface area contributed by atoms with E-state index in [4.69, 9.17) is 5.73 Å². The Kier molecular flexibility index (Phi) is 4.57. The van der Waals surface area contributed by atoms with E-state index in [1.54, 1.807) is 13.0 Å². The van der Waals surface area contributed by atoms with Gasteiger partial charge in [0.25, 0.3) is 11.6 Å². The van der Waals surface area contributed by atoms with Crippen molar-refractivity contribution in [1.29, 1.82) is 0 Å². The molecule has 2 unspecified atom stereocenters. The van der Waals surface area contributed by atoms with Crippen LogP contribution in [0.25, 0.3) is 0 Å². The number of nitro groups is 1. The monoisotopic (exact) mass is 291 g/mol. The third kappa shape index (κ3) is 3.21. The van der Waals surface area contributed by atoms with Crippen molar-refractivity contribution < 1.29 is 9.72 Å². The highest BCUT2D eigenvalue weighted by molar-refractivity contribution is 5.96. The molecule has 1 fully saturated rings. The summed E-state index contributed by atoms with van der Waals surface area (Å²) >= 11 is 0. The first-order chi connectivity index (χ1) is 9.93. The molecule has 0 saturated carbocycles. The Balaban J connectivity index is 2.18. The Morgan fingerprint density at radius 1 is 1.52 bits per heavy atom. The zero-order valence-electron chi connectivity index (χ0n) is 12.4. The van der Waals surface area contributed by atoms with Gasteiger partial charge in [-0.1, -0.05) is 6.92 Å². The van der Waals surface area contributed by atoms with Crippen LogP contribution in [0, 0.1) is 28.9 Å². The smallest absolute Gasteiger partial charge is 0.269 e. The largest absolute Gasteiger partial charge is 0.338 e. The molecule has 21 heavy (non-hydrogen) atoms. The van der Waals surface area contributed by atoms with E-state index in [-0.39, 0.29) is 11.6 Å². The predicted octanol–water partition coefficient (Wildman–Crippen LogP) is 1.96. The lowest BCUT2D eigenvalue weighted by Gasteiger charge is -2.36. The standard InChI is InChI=1S/C15H21N3O3/c1-10-5-6-17(9-12(10)8-16)15(19)14-4-3-13(18(20)21)7-11(14)2/h3-4,7,10,12H,5-6,8-9,16H2,1-2H3. The average Bonchev–Trinajstić information content (AvgIpc) is 2.46. The van der Waals surface area contributed by atoms with E-state index in [1.807, 2.05) is 4.90 Å². The van der Waals surface area contributed by atoms with Gasteiger partial charge in [-0.05, 0) is 43.4 Å². The van der Waals surface area contributed by atoms with E-state index in [9.17, 15) is 14.9 Å². The van der Waals surface area contributed by atoms with Crippen LogP contribution in [0.1, 0.15) is 29.3 Å². The van der Waals surface area contributed by atoms with Crippen molar-refractivity contribution in [2.24, 2.45) is 17.6 Å². The Morgan fingerprint density at radius 2 is 2.24 bits per heavy atom. The molecule has 1 aromatic carbocycles. The molecule has 2 N–H and O–H groups in total. The van der Waals surface area contributed by atoms with Crippen molar-refractivity contribution in [3.05, 3.63) is 39.4 Å². The number of likely N-dealkylation sites (tertiary alicyclic amines) is 1. The number of carbonyl (C=O) groups excluding carboxylic acids is 1. The molecular weight excluding hydrogens is 270 g/mol. The summed E-state index contributed by atoms with van der Waals surface area (Å²) in [6.07, 6.45) is 0.944. The Hall–Kier alpha value is -1.95. The molecule has 1 saturated heterocycles. The van der Waals surface area contributed by atoms with Crippen LogP contribution in [0.3, 0.4) is 0 Å². The number of carbonyl (C=O) groups is 1. The minimum Gasteiger partial charge on any atom is -0.338 e. The Bertz CT molecular complexity index is 559. The molecule has 0 aromatic heterocycles. The quantitative estimate of drug-likeness (QED) is 0.681. The van der Waals surface area contributed by atoms with Crippen LogP contribution < -0.4 is 5.73 Å². The summed E-state index contributed by atoms with van der Waals surface area (Å²) in [5.74, 6) is 0.783. The van der Waals surface area contributed by atoms with E-state index in [0.717, 1.165) is 6.42 Å². The lowest BCUT2D eigenvalue weighted by atomic mass is 9.87. The molecule has 0 bridgehead atoms. The van der Waals surface area contributed by atoms with E-state index in [0.29, 0.717) is 42.6 Å². The maximum Gasteiger partial charge on any atom is 0.269 e. The minimum absolute atomic E-state index is 0.0103. The van der Waals surface area contributed by atoms with Gasteiger partial charge in [0.05, 0.1) is 4.92 Å². The van der Waals surface area contributed by atoms with E-state index >= 15 is 0 Å². The van der Waals surface area contributed by atoms with Crippen LogP contribution in [-0.2, 0) is 0 Å². The minimum atomic E-state index is -0.450. The number of hydrogen-bond donors (Lipinski definition) is 1. The summed E-state index contributed by atoms with van der Waals surface area (Å²) in [6.45, 7) is 5.84. The van der Waals surface area contributed by atoms with Gasteiger partial charge in [-0.25, -0.2) is 0 Å². The van der Waals surface area contributed by atoms with Gasteiger partial charge >= 0.3 is 0 Å². The zero-order valence-corrected chi connectivity index (χ0v) is 12.4. The number of nitrogens with zero attached hydrogens (tertiary/aromatic N) is 2. The highest BCUT2D eigenvalue weighted by atomic mass is 16.6. The number of benzene rings is 1. The number of nitrogens with two attached hydrogens (primary N) is 1. The van der Waals surface area contributed by atoms with Crippen molar-refractivity contribution in [3.63, 3.8) is 0 Å². The van der Waals surface area contributed by atoms with E-state index in [1.165, 1.54) is 12.1 Å². The molecule has 0 spiro atoms. The lowest BCUT2D eigenvalue weighted by Crippen LogP contribution is -2.45. The number of amides is 1. The summed E-state index contributed by atoms with van der Waals surface area (Å²) in [7, 11) is 0. The maximum atomic E-state index is 12.6. The van der Waals surface area contributed by atoms with Crippen LogP contribution in [0.2, 0.25) is 0 Å². The fourth-order valence-corrected chi connectivity index (χ4v) is 2.81. The van der Waals surface area contributed by atoms with Gasteiger partial charge in [0.2, 0.25) is 0 Å². The van der Waals surface area contributed by atoms with E-state index in [2.05, 4.69) is 6.92 Å². The molecule has 1 heterocycles. The molecule has 2 rings (SSSR count). The molecule has 6 heteroatoms. The highest BCUT2D eigenvalue weighted by Gasteiger charge is 2.29. The zero-order chi connectivity index (χ0) is 15.6. The van der Waals surface area contributed by atoms with Crippen LogP contribution in [0.4, 0.5) is 5.69 Å². The second kappa shape index (κ2) is 6.22. The first-order valence-electron chi connectivity index (χ1n) is 7.18. The molecule has 1 aliphatic rings. The third-order valence-corrected chi connectivity index (χ3v) is 4.36. The number of piperidine rings is 1. The van der Waals surface area contributed by atoms with Gasteiger partial charge in [0, 0.05) is 30.8 Å². The lowest BCUT2D eigenvalue weighted by molar-refractivity contribution is -0.384. The number of rotatable bonds is 3. The molecule has 1 aromatic rings. The fraction of sp³-hybridized carbons (Fsp3) is 0.533. The Labute approximate surface area is 124 Å². The summed E-state index contributed by atoms with van der Waals surface area (Å²) in [6, 6.07) is 4.37. The second-order valence-corrected chi connectivity index (χ2v) is 5.77. The molecule has 0 aliphatic carbocycles. The normalized spacial score (nSPS) is 22.1. The summed E-state index contributed by atoms with van der Waals surface area (Å²) in [5, 5.41) is 10.8. The van der Waals surface area contributed by atoms with Crippen LogP contribution in [0.5, 0.6) is 0 Å². The molecule has 2 atom stereocenters. The number of hydrogen-bond acceptors (Lipinski definition) is 4. The second-order valence-electron chi connectivity index (χ2n) is 5.77. The maximum absolute atomic E-state index is 12.6. The summed E-state index contributed by atoms with van der Waals surface area (Å²) in [4.78, 5) is 24.7. The number of aryl methyl sites for hydroxylation is 1. The summed E-state index contributed by atoms with van der Waals surface area (Å²) in [5.41, 5.74) is 6.94. The molecular formula is C15H21N3O3. The molecule has 1 aliphatic heterocycles. The van der Waals surface area contributed by atoms with Crippen molar-refractivity contribution >= 4 is 11.6 Å². The van der Waals surface area contributed by atoms with Crippen molar-refractivity contribution in [2.45, 2.75) is 20.3 Å². The van der Waals surface area contributed by atoms with Crippen LogP contribution in [0.15, 0.2) is 18.2 Å². The first kappa shape index (κ1) is 15.4. The van der Waals surface area contributed by atoms with E-state index < -0.39 is 4.92 Å². The molecule has 114 valence electrons. The molecule has 0 radical (unpaired) electrons. The SMILES string of the molecule is Cc1cc([N+](=O)[O-])ccc1C(=O)N1CCC(C)C(CN)C1. The van der Waals surface area contributed by atoms with Crippen molar-refractivity contribution in [1.82, 2.24) is 4.90 Å². The highest BCUT2D eigenvalue weighted by Crippen LogP contribution is 2.25. The number of nitro benzene ring substituents is 1. The number of non-ortho nitro benzene ring substituents is 1. The fourth-order valence-electron chi connectivity index (χ4n) is 2.81. The average molecular weight is 291 g/mol. The first-order valence-corrected chi connectivity index (χ1v) is 7.18. The van der Waals surface area contributed by atoms with Crippen LogP contribution in [-0.4, -0.2) is 35.4 Å². The van der Waals surface area contributed by atoms with Gasteiger partial charge in [-0.15, -0.1) is 0 Å². The predicted molar refractivity (Wildman–Crippen MR) is 80.1 cm³/mol. The molecule has 6 nitrogen and oxygen atoms in total. The topological polar surface area (TPSA) is 89.5 Å².